The molecular formula is C13H19Cl2NO. The van der Waals surface area contributed by atoms with Gasteiger partial charge in [0.15, 0.2) is 0 Å². The Hall–Kier alpha value is -0.280. The topological polar surface area (TPSA) is 21.3 Å². The Labute approximate surface area is 113 Å². The molecule has 1 unspecified atom stereocenters. The summed E-state index contributed by atoms with van der Waals surface area (Å²) in [5.74, 6) is 0.496. The summed E-state index contributed by atoms with van der Waals surface area (Å²) in [6, 6.07) is 5.85. The minimum absolute atomic E-state index is 0.298. The van der Waals surface area contributed by atoms with E-state index in [0.29, 0.717) is 35.2 Å². The maximum absolute atomic E-state index is 6.11. The number of hydrogen-bond donors (Lipinski definition) is 1. The molecule has 1 rings (SSSR count). The third kappa shape index (κ3) is 4.47. The summed E-state index contributed by atoms with van der Waals surface area (Å²) in [7, 11) is 1.71. The highest BCUT2D eigenvalue weighted by atomic mass is 35.5. The Morgan fingerprint density at radius 3 is 2.29 bits per heavy atom. The normalized spacial score (nSPS) is 13.1. The molecular weight excluding hydrogens is 257 g/mol. The summed E-state index contributed by atoms with van der Waals surface area (Å²) < 4.78 is 5.19. The quantitative estimate of drug-likeness (QED) is 0.854. The predicted octanol–water partition coefficient (Wildman–Crippen LogP) is 3.75. The van der Waals surface area contributed by atoms with Crippen LogP contribution in [0, 0.1) is 5.92 Å². The molecule has 0 aliphatic rings. The van der Waals surface area contributed by atoms with Gasteiger partial charge in [-0.3, -0.25) is 0 Å². The maximum Gasteiger partial charge on any atom is 0.0618 e. The maximum atomic E-state index is 6.11. The van der Waals surface area contributed by atoms with E-state index in [1.165, 1.54) is 0 Å². The Bertz CT molecular complexity index is 335. The summed E-state index contributed by atoms with van der Waals surface area (Å²) >= 11 is 12.2. The molecule has 0 saturated heterocycles. The number of methoxy groups -OCH3 is 1. The minimum Gasteiger partial charge on any atom is -0.383 e. The average Bonchev–Trinajstić information content (AvgIpc) is 2.26. The lowest BCUT2D eigenvalue weighted by molar-refractivity contribution is 0.146. The van der Waals surface area contributed by atoms with Crippen molar-refractivity contribution in [2.45, 2.75) is 26.4 Å². The first-order chi connectivity index (χ1) is 8.06. The molecule has 1 atom stereocenters. The molecule has 0 aromatic heterocycles. The molecule has 4 heteroatoms. The molecule has 0 radical (unpaired) electrons. The van der Waals surface area contributed by atoms with Crippen LogP contribution < -0.4 is 5.32 Å². The van der Waals surface area contributed by atoms with E-state index in [4.69, 9.17) is 27.9 Å². The van der Waals surface area contributed by atoms with Crippen LogP contribution in [0.2, 0.25) is 10.0 Å². The molecule has 2 nitrogen and oxygen atoms in total. The van der Waals surface area contributed by atoms with E-state index in [1.54, 1.807) is 7.11 Å². The van der Waals surface area contributed by atoms with Gasteiger partial charge in [-0.15, -0.1) is 0 Å². The standard InChI is InChI=1S/C13H19Cl2NO/c1-9(2)13(8-17-3)16-7-10-11(14)5-4-6-12(10)15/h4-6,9,13,16H,7-8H2,1-3H3. The Morgan fingerprint density at radius 1 is 1.24 bits per heavy atom. The van der Waals surface area contributed by atoms with Crippen LogP contribution in [0.15, 0.2) is 18.2 Å². The summed E-state index contributed by atoms with van der Waals surface area (Å²) in [5, 5.41) is 4.82. The fourth-order valence-electron chi connectivity index (χ4n) is 1.60. The molecule has 96 valence electrons. The van der Waals surface area contributed by atoms with Gasteiger partial charge in [0.05, 0.1) is 6.61 Å². The number of nitrogens with one attached hydrogen (secondary N) is 1. The summed E-state index contributed by atoms with van der Waals surface area (Å²) in [4.78, 5) is 0. The first-order valence-electron chi connectivity index (χ1n) is 5.71. The van der Waals surface area contributed by atoms with E-state index in [9.17, 15) is 0 Å². The van der Waals surface area contributed by atoms with Crippen molar-refractivity contribution in [1.29, 1.82) is 0 Å². The number of halogens is 2. The molecule has 0 aliphatic heterocycles. The summed E-state index contributed by atoms with van der Waals surface area (Å²) in [5.41, 5.74) is 0.942. The highest BCUT2D eigenvalue weighted by molar-refractivity contribution is 6.35. The lowest BCUT2D eigenvalue weighted by Gasteiger charge is -2.22. The second-order valence-corrected chi connectivity index (χ2v) is 5.20. The first kappa shape index (κ1) is 14.8. The Morgan fingerprint density at radius 2 is 1.82 bits per heavy atom. The number of rotatable bonds is 6. The van der Waals surface area contributed by atoms with Gasteiger partial charge in [0.25, 0.3) is 0 Å². The van der Waals surface area contributed by atoms with Crippen molar-refractivity contribution >= 4 is 23.2 Å². The lowest BCUT2D eigenvalue weighted by atomic mass is 10.0. The lowest BCUT2D eigenvalue weighted by Crippen LogP contribution is -2.37. The molecule has 17 heavy (non-hydrogen) atoms. The molecule has 1 N–H and O–H groups in total. The van der Waals surface area contributed by atoms with Crippen molar-refractivity contribution in [2.75, 3.05) is 13.7 Å². The van der Waals surface area contributed by atoms with E-state index in [0.717, 1.165) is 5.56 Å². The molecule has 0 saturated carbocycles. The fourth-order valence-corrected chi connectivity index (χ4v) is 2.13. The SMILES string of the molecule is COCC(NCc1c(Cl)cccc1Cl)C(C)C. The van der Waals surface area contributed by atoms with Crippen molar-refractivity contribution in [3.8, 4) is 0 Å². The van der Waals surface area contributed by atoms with E-state index in [-0.39, 0.29) is 0 Å². The van der Waals surface area contributed by atoms with Crippen molar-refractivity contribution in [3.05, 3.63) is 33.8 Å². The van der Waals surface area contributed by atoms with Crippen LogP contribution in [0.5, 0.6) is 0 Å². The molecule has 1 aromatic rings. The zero-order valence-electron chi connectivity index (χ0n) is 10.5. The van der Waals surface area contributed by atoms with Gasteiger partial charge in [-0.2, -0.15) is 0 Å². The van der Waals surface area contributed by atoms with Crippen LogP contribution in [0.4, 0.5) is 0 Å². The number of benzene rings is 1. The average molecular weight is 276 g/mol. The Balaban J connectivity index is 2.65. The molecule has 0 aliphatic carbocycles. The van der Waals surface area contributed by atoms with Gasteiger partial charge in [-0.05, 0) is 18.1 Å². The third-order valence-corrected chi connectivity index (χ3v) is 3.46. The zero-order chi connectivity index (χ0) is 12.8. The van der Waals surface area contributed by atoms with E-state index in [2.05, 4.69) is 19.2 Å². The van der Waals surface area contributed by atoms with Gasteiger partial charge in [0.1, 0.15) is 0 Å². The summed E-state index contributed by atoms with van der Waals surface area (Å²) in [6.07, 6.45) is 0. The molecule has 0 bridgehead atoms. The van der Waals surface area contributed by atoms with E-state index < -0.39 is 0 Å². The molecule has 0 spiro atoms. The van der Waals surface area contributed by atoms with Crippen molar-refractivity contribution in [2.24, 2.45) is 5.92 Å². The van der Waals surface area contributed by atoms with Crippen LogP contribution in [-0.4, -0.2) is 19.8 Å². The molecule has 0 amide bonds. The third-order valence-electron chi connectivity index (χ3n) is 2.75. The van der Waals surface area contributed by atoms with Gasteiger partial charge < -0.3 is 10.1 Å². The highest BCUT2D eigenvalue weighted by Crippen LogP contribution is 2.24. The van der Waals surface area contributed by atoms with Gasteiger partial charge in [-0.25, -0.2) is 0 Å². The van der Waals surface area contributed by atoms with Gasteiger partial charge in [0, 0.05) is 35.3 Å². The van der Waals surface area contributed by atoms with Gasteiger partial charge >= 0.3 is 0 Å². The second kappa shape index (κ2) is 7.22. The fraction of sp³-hybridized carbons (Fsp3) is 0.538. The van der Waals surface area contributed by atoms with Gasteiger partial charge in [-0.1, -0.05) is 43.1 Å². The molecule has 0 heterocycles. The van der Waals surface area contributed by atoms with Crippen LogP contribution in [-0.2, 0) is 11.3 Å². The van der Waals surface area contributed by atoms with Crippen molar-refractivity contribution < 1.29 is 4.74 Å². The smallest absolute Gasteiger partial charge is 0.0618 e. The van der Waals surface area contributed by atoms with Crippen LogP contribution >= 0.6 is 23.2 Å². The van der Waals surface area contributed by atoms with Crippen LogP contribution in [0.3, 0.4) is 0 Å². The predicted molar refractivity (Wildman–Crippen MR) is 73.8 cm³/mol. The van der Waals surface area contributed by atoms with Crippen molar-refractivity contribution in [3.63, 3.8) is 0 Å². The monoisotopic (exact) mass is 275 g/mol. The molecule has 0 fully saturated rings. The largest absolute Gasteiger partial charge is 0.383 e. The Kier molecular flexibility index (Phi) is 6.28. The summed E-state index contributed by atoms with van der Waals surface area (Å²) in [6.45, 7) is 5.65. The van der Waals surface area contributed by atoms with Crippen LogP contribution in [0.1, 0.15) is 19.4 Å². The molecule has 1 aromatic carbocycles. The van der Waals surface area contributed by atoms with Crippen LogP contribution in [0.25, 0.3) is 0 Å². The number of ether oxygens (including phenoxy) is 1. The minimum atomic E-state index is 0.298. The van der Waals surface area contributed by atoms with E-state index in [1.807, 2.05) is 18.2 Å². The van der Waals surface area contributed by atoms with Gasteiger partial charge in [0.2, 0.25) is 0 Å². The van der Waals surface area contributed by atoms with E-state index >= 15 is 0 Å². The first-order valence-corrected chi connectivity index (χ1v) is 6.47. The van der Waals surface area contributed by atoms with Crippen molar-refractivity contribution in [1.82, 2.24) is 5.32 Å². The zero-order valence-corrected chi connectivity index (χ0v) is 12.0. The second-order valence-electron chi connectivity index (χ2n) is 4.39. The number of hydrogen-bond acceptors (Lipinski definition) is 2. The highest BCUT2D eigenvalue weighted by Gasteiger charge is 2.14.